The van der Waals surface area contributed by atoms with Gasteiger partial charge in [0.25, 0.3) is 0 Å². The van der Waals surface area contributed by atoms with Crippen molar-refractivity contribution in [1.29, 1.82) is 5.26 Å². The van der Waals surface area contributed by atoms with E-state index in [4.69, 9.17) is 5.26 Å². The molecule has 1 aliphatic carbocycles. The lowest BCUT2D eigenvalue weighted by Gasteiger charge is -2.14. The normalized spacial score (nSPS) is 12.7. The molecule has 4 heteroatoms. The van der Waals surface area contributed by atoms with Gasteiger partial charge in [0.15, 0.2) is 5.69 Å². The number of hydrogen-bond acceptors (Lipinski definition) is 3. The number of H-pyrrole nitrogens is 1. The Morgan fingerprint density at radius 1 is 1.40 bits per heavy atom. The van der Waals surface area contributed by atoms with E-state index in [9.17, 15) is 0 Å². The first-order valence-electron chi connectivity index (χ1n) is 4.81. The molecular formula is C11H8N4. The molecule has 15 heavy (non-hydrogen) atoms. The Kier molecular flexibility index (Phi) is 1.59. The van der Waals surface area contributed by atoms with E-state index >= 15 is 0 Å². The molecule has 0 aliphatic heterocycles. The minimum Gasteiger partial charge on any atom is -0.276 e. The quantitative estimate of drug-likeness (QED) is 0.693. The van der Waals surface area contributed by atoms with Crippen LogP contribution in [0.15, 0.2) is 18.5 Å². The maximum Gasteiger partial charge on any atom is 0.166 e. The Hall–Kier alpha value is -2.15. The van der Waals surface area contributed by atoms with Gasteiger partial charge in [-0.25, -0.2) is 0 Å². The van der Waals surface area contributed by atoms with Gasteiger partial charge in [-0.15, -0.1) is 0 Å². The molecule has 0 spiro atoms. The van der Waals surface area contributed by atoms with Crippen molar-refractivity contribution in [2.24, 2.45) is 0 Å². The van der Waals surface area contributed by atoms with Gasteiger partial charge in [0, 0.05) is 23.5 Å². The highest BCUT2D eigenvalue weighted by Crippen LogP contribution is 2.32. The van der Waals surface area contributed by atoms with Crippen LogP contribution in [0, 0.1) is 11.3 Å². The van der Waals surface area contributed by atoms with Crippen LogP contribution in [-0.4, -0.2) is 15.2 Å². The number of aromatic amines is 1. The molecule has 2 heterocycles. The van der Waals surface area contributed by atoms with Crippen LogP contribution in [0.25, 0.3) is 11.3 Å². The van der Waals surface area contributed by atoms with Gasteiger partial charge >= 0.3 is 0 Å². The zero-order valence-electron chi connectivity index (χ0n) is 7.99. The molecule has 4 nitrogen and oxygen atoms in total. The van der Waals surface area contributed by atoms with Crippen molar-refractivity contribution in [3.05, 3.63) is 35.3 Å². The van der Waals surface area contributed by atoms with Crippen LogP contribution in [0.4, 0.5) is 0 Å². The zero-order valence-corrected chi connectivity index (χ0v) is 7.99. The standard InChI is InChI=1S/C11H8N4/c12-5-10-9-2-1-7-6-13-4-3-8(7)11(9)15-14-10/h3-4,6H,1-2H2,(H,14,15). The summed E-state index contributed by atoms with van der Waals surface area (Å²) >= 11 is 0. The number of hydrogen-bond donors (Lipinski definition) is 1. The maximum atomic E-state index is 8.89. The SMILES string of the molecule is N#Cc1n[nH]c2c1CCc1cnccc1-2. The van der Waals surface area contributed by atoms with Crippen LogP contribution in [0.5, 0.6) is 0 Å². The van der Waals surface area contributed by atoms with E-state index in [1.54, 1.807) is 6.20 Å². The second-order valence-electron chi connectivity index (χ2n) is 3.57. The van der Waals surface area contributed by atoms with Crippen LogP contribution in [-0.2, 0) is 12.8 Å². The minimum absolute atomic E-state index is 0.521. The molecule has 0 saturated carbocycles. The number of aryl methyl sites for hydroxylation is 1. The lowest BCUT2D eigenvalue weighted by Crippen LogP contribution is -2.03. The number of nitriles is 1. The number of aromatic nitrogens is 3. The minimum atomic E-state index is 0.521. The smallest absolute Gasteiger partial charge is 0.166 e. The summed E-state index contributed by atoms with van der Waals surface area (Å²) in [6.07, 6.45) is 5.45. The van der Waals surface area contributed by atoms with Gasteiger partial charge in [0.2, 0.25) is 0 Å². The highest BCUT2D eigenvalue weighted by molar-refractivity contribution is 5.70. The third-order valence-electron chi connectivity index (χ3n) is 2.79. The third kappa shape index (κ3) is 1.07. The van der Waals surface area contributed by atoms with E-state index in [-0.39, 0.29) is 0 Å². The second kappa shape index (κ2) is 2.92. The van der Waals surface area contributed by atoms with Crippen molar-refractivity contribution in [1.82, 2.24) is 15.2 Å². The molecule has 0 unspecified atom stereocenters. The van der Waals surface area contributed by atoms with Gasteiger partial charge < -0.3 is 0 Å². The Morgan fingerprint density at radius 3 is 3.20 bits per heavy atom. The summed E-state index contributed by atoms with van der Waals surface area (Å²) in [5.41, 5.74) is 4.89. The molecule has 0 fully saturated rings. The lowest BCUT2D eigenvalue weighted by atomic mass is 9.91. The molecular weight excluding hydrogens is 188 g/mol. The van der Waals surface area contributed by atoms with E-state index in [0.717, 1.165) is 29.7 Å². The topological polar surface area (TPSA) is 65.4 Å². The van der Waals surface area contributed by atoms with Crippen molar-refractivity contribution in [3.8, 4) is 17.3 Å². The van der Waals surface area contributed by atoms with Crippen molar-refractivity contribution >= 4 is 0 Å². The van der Waals surface area contributed by atoms with E-state index in [0.29, 0.717) is 5.69 Å². The van der Waals surface area contributed by atoms with Crippen LogP contribution in [0.3, 0.4) is 0 Å². The average molecular weight is 196 g/mol. The van der Waals surface area contributed by atoms with Crippen LogP contribution in [0.1, 0.15) is 16.8 Å². The molecule has 0 saturated heterocycles. The first-order chi connectivity index (χ1) is 7.40. The van der Waals surface area contributed by atoms with E-state index in [1.807, 2.05) is 12.3 Å². The van der Waals surface area contributed by atoms with Gasteiger partial charge in [0.05, 0.1) is 5.69 Å². The molecule has 0 bridgehead atoms. The molecule has 2 aromatic heterocycles. The largest absolute Gasteiger partial charge is 0.276 e. The number of rotatable bonds is 0. The fourth-order valence-electron chi connectivity index (χ4n) is 2.05. The summed E-state index contributed by atoms with van der Waals surface area (Å²) < 4.78 is 0. The Labute approximate surface area is 86.6 Å². The van der Waals surface area contributed by atoms with E-state index in [2.05, 4.69) is 21.3 Å². The van der Waals surface area contributed by atoms with Crippen LogP contribution < -0.4 is 0 Å². The predicted octanol–water partition coefficient (Wildman–Crippen LogP) is 1.44. The molecule has 0 aromatic carbocycles. The Balaban J connectivity index is 2.28. The molecule has 0 radical (unpaired) electrons. The van der Waals surface area contributed by atoms with Crippen molar-refractivity contribution in [2.45, 2.75) is 12.8 Å². The van der Waals surface area contributed by atoms with Gasteiger partial charge in [-0.3, -0.25) is 10.1 Å². The third-order valence-corrected chi connectivity index (χ3v) is 2.79. The maximum absolute atomic E-state index is 8.89. The number of fused-ring (bicyclic) bond motifs is 3. The first kappa shape index (κ1) is 8.18. The molecule has 72 valence electrons. The molecule has 3 rings (SSSR count). The fraction of sp³-hybridized carbons (Fsp3) is 0.182. The first-order valence-corrected chi connectivity index (χ1v) is 4.81. The summed E-state index contributed by atoms with van der Waals surface area (Å²) in [5.74, 6) is 0. The van der Waals surface area contributed by atoms with Gasteiger partial charge in [0.1, 0.15) is 6.07 Å². The van der Waals surface area contributed by atoms with E-state index in [1.165, 1.54) is 5.56 Å². The number of nitrogens with one attached hydrogen (secondary N) is 1. The highest BCUT2D eigenvalue weighted by Gasteiger charge is 2.21. The van der Waals surface area contributed by atoms with Gasteiger partial charge in [-0.2, -0.15) is 10.4 Å². The average Bonchev–Trinajstić information content (AvgIpc) is 2.72. The zero-order chi connectivity index (χ0) is 10.3. The second-order valence-corrected chi connectivity index (χ2v) is 3.57. The van der Waals surface area contributed by atoms with Crippen molar-refractivity contribution in [3.63, 3.8) is 0 Å². The molecule has 0 amide bonds. The molecule has 1 N–H and O–H groups in total. The lowest BCUT2D eigenvalue weighted by molar-refractivity contribution is 0.928. The van der Waals surface area contributed by atoms with Gasteiger partial charge in [-0.05, 0) is 24.5 Å². The van der Waals surface area contributed by atoms with Crippen LogP contribution >= 0.6 is 0 Å². The monoisotopic (exact) mass is 196 g/mol. The fourth-order valence-corrected chi connectivity index (χ4v) is 2.05. The van der Waals surface area contributed by atoms with Crippen molar-refractivity contribution < 1.29 is 0 Å². The van der Waals surface area contributed by atoms with Gasteiger partial charge in [-0.1, -0.05) is 0 Å². The Bertz CT molecular complexity index is 562. The number of pyridine rings is 1. The highest BCUT2D eigenvalue weighted by atomic mass is 15.1. The number of nitrogens with zero attached hydrogens (tertiary/aromatic N) is 3. The summed E-state index contributed by atoms with van der Waals surface area (Å²) in [4.78, 5) is 4.10. The summed E-state index contributed by atoms with van der Waals surface area (Å²) in [5, 5.41) is 15.8. The molecule has 1 aliphatic rings. The molecule has 0 atom stereocenters. The summed E-state index contributed by atoms with van der Waals surface area (Å²) in [6, 6.07) is 4.07. The van der Waals surface area contributed by atoms with Crippen molar-refractivity contribution in [2.75, 3.05) is 0 Å². The summed E-state index contributed by atoms with van der Waals surface area (Å²) in [7, 11) is 0. The predicted molar refractivity (Wildman–Crippen MR) is 53.9 cm³/mol. The van der Waals surface area contributed by atoms with Crippen LogP contribution in [0.2, 0.25) is 0 Å². The summed E-state index contributed by atoms with van der Waals surface area (Å²) in [6.45, 7) is 0. The Morgan fingerprint density at radius 2 is 2.33 bits per heavy atom. The molecule has 2 aromatic rings. The van der Waals surface area contributed by atoms with E-state index < -0.39 is 0 Å².